The minimum absolute atomic E-state index is 0.350. The second kappa shape index (κ2) is 8.75. The van der Waals surface area contributed by atoms with Crippen LogP contribution in [0.5, 0.6) is 0 Å². The molecule has 82 valence electrons. The largest absolute Gasteiger partial charge is 0.368 e. The van der Waals surface area contributed by atoms with Crippen molar-refractivity contribution >= 4 is 5.97 Å². The first-order valence-corrected chi connectivity index (χ1v) is 5.26. The minimum atomic E-state index is -0.710. The van der Waals surface area contributed by atoms with Crippen LogP contribution in [0.3, 0.4) is 0 Å². The third-order valence-electron chi connectivity index (χ3n) is 2.20. The highest BCUT2D eigenvalue weighted by atomic mass is 17.1. The molecule has 3 heteroatoms. The van der Waals surface area contributed by atoms with E-state index in [9.17, 15) is 4.79 Å². The standard InChI is InChI=1S/C11H20O3/c1-3-4-5-6-7-8-9-10(2)11(12)14-13/h13H,2-9H2,1H3. The Bertz CT molecular complexity index is 175. The third-order valence-corrected chi connectivity index (χ3v) is 2.20. The monoisotopic (exact) mass is 200 g/mol. The molecule has 0 saturated heterocycles. The Kier molecular flexibility index (Phi) is 8.24. The third kappa shape index (κ3) is 6.66. The van der Waals surface area contributed by atoms with Crippen LogP contribution in [0.1, 0.15) is 51.9 Å². The van der Waals surface area contributed by atoms with Gasteiger partial charge in [0.2, 0.25) is 0 Å². The molecule has 0 saturated carbocycles. The predicted octanol–water partition coefficient (Wildman–Crippen LogP) is 3.31. The van der Waals surface area contributed by atoms with Gasteiger partial charge in [-0.1, -0.05) is 45.6 Å². The van der Waals surface area contributed by atoms with E-state index in [1.807, 2.05) is 0 Å². The highest BCUT2D eigenvalue weighted by Crippen LogP contribution is 2.11. The van der Waals surface area contributed by atoms with Crippen molar-refractivity contribution in [3.63, 3.8) is 0 Å². The summed E-state index contributed by atoms with van der Waals surface area (Å²) in [5.41, 5.74) is 0.350. The number of carbonyl (C=O) groups excluding carboxylic acids is 1. The summed E-state index contributed by atoms with van der Waals surface area (Å²) >= 11 is 0. The zero-order chi connectivity index (χ0) is 10.8. The van der Waals surface area contributed by atoms with Crippen molar-refractivity contribution in [2.24, 2.45) is 0 Å². The first-order chi connectivity index (χ1) is 6.72. The molecule has 0 aliphatic heterocycles. The Morgan fingerprint density at radius 1 is 1.21 bits per heavy atom. The van der Waals surface area contributed by atoms with Crippen molar-refractivity contribution in [2.45, 2.75) is 51.9 Å². The molecular formula is C11H20O3. The van der Waals surface area contributed by atoms with Gasteiger partial charge in [0.15, 0.2) is 0 Å². The van der Waals surface area contributed by atoms with Crippen molar-refractivity contribution in [1.82, 2.24) is 0 Å². The molecule has 0 atom stereocenters. The predicted molar refractivity (Wildman–Crippen MR) is 55.9 cm³/mol. The van der Waals surface area contributed by atoms with Gasteiger partial charge >= 0.3 is 5.97 Å². The van der Waals surface area contributed by atoms with Gasteiger partial charge in [0.25, 0.3) is 0 Å². The van der Waals surface area contributed by atoms with Crippen LogP contribution < -0.4 is 0 Å². The molecule has 0 aromatic rings. The van der Waals surface area contributed by atoms with Crippen LogP contribution in [0.25, 0.3) is 0 Å². The normalized spacial score (nSPS) is 9.86. The van der Waals surface area contributed by atoms with Gasteiger partial charge in [0.05, 0.1) is 0 Å². The fourth-order valence-electron chi connectivity index (χ4n) is 1.29. The van der Waals surface area contributed by atoms with Crippen LogP contribution in [-0.4, -0.2) is 11.2 Å². The molecule has 14 heavy (non-hydrogen) atoms. The maximum Gasteiger partial charge on any atom is 0.368 e. The first-order valence-electron chi connectivity index (χ1n) is 5.26. The van der Waals surface area contributed by atoms with Gasteiger partial charge in [-0.25, -0.2) is 4.79 Å². The van der Waals surface area contributed by atoms with Crippen LogP contribution in [0, 0.1) is 0 Å². The van der Waals surface area contributed by atoms with Crippen LogP contribution in [0.15, 0.2) is 12.2 Å². The number of hydrogen-bond acceptors (Lipinski definition) is 3. The maximum atomic E-state index is 10.7. The Morgan fingerprint density at radius 3 is 2.36 bits per heavy atom. The number of unbranched alkanes of at least 4 members (excludes halogenated alkanes) is 5. The van der Waals surface area contributed by atoms with Crippen molar-refractivity contribution in [3.8, 4) is 0 Å². The van der Waals surface area contributed by atoms with E-state index >= 15 is 0 Å². The maximum absolute atomic E-state index is 10.7. The highest BCUT2D eigenvalue weighted by Gasteiger charge is 2.06. The summed E-state index contributed by atoms with van der Waals surface area (Å²) in [5, 5.41) is 8.07. The van der Waals surface area contributed by atoms with Gasteiger partial charge in [-0.05, 0) is 12.8 Å². The molecule has 0 unspecified atom stereocenters. The Labute approximate surface area is 85.7 Å². The summed E-state index contributed by atoms with van der Waals surface area (Å²) < 4.78 is 0. The van der Waals surface area contributed by atoms with E-state index in [1.165, 1.54) is 25.7 Å². The SMILES string of the molecule is C=C(CCCCCCCC)C(=O)OO. The van der Waals surface area contributed by atoms with Crippen molar-refractivity contribution < 1.29 is 14.9 Å². The first kappa shape index (κ1) is 13.2. The lowest BCUT2D eigenvalue weighted by molar-refractivity contribution is -0.229. The van der Waals surface area contributed by atoms with E-state index in [2.05, 4.69) is 18.4 Å². The Hall–Kier alpha value is -0.830. The number of carbonyl (C=O) groups is 1. The van der Waals surface area contributed by atoms with Gasteiger partial charge in [-0.3, -0.25) is 4.89 Å². The minimum Gasteiger partial charge on any atom is -0.296 e. The van der Waals surface area contributed by atoms with E-state index in [1.54, 1.807) is 0 Å². The summed E-state index contributed by atoms with van der Waals surface area (Å²) in [6.07, 6.45) is 7.65. The van der Waals surface area contributed by atoms with Crippen molar-refractivity contribution in [2.75, 3.05) is 0 Å². The quantitative estimate of drug-likeness (QED) is 0.283. The Balaban J connectivity index is 3.27. The summed E-state index contributed by atoms with van der Waals surface area (Å²) in [6.45, 7) is 5.70. The molecule has 0 spiro atoms. The highest BCUT2D eigenvalue weighted by molar-refractivity contribution is 5.87. The van der Waals surface area contributed by atoms with Gasteiger partial charge in [-0.2, -0.15) is 5.26 Å². The van der Waals surface area contributed by atoms with E-state index in [-0.39, 0.29) is 0 Å². The molecule has 0 aromatic heterocycles. The second-order valence-electron chi connectivity index (χ2n) is 3.50. The summed E-state index contributed by atoms with van der Waals surface area (Å²) in [7, 11) is 0. The second-order valence-corrected chi connectivity index (χ2v) is 3.50. The summed E-state index contributed by atoms with van der Waals surface area (Å²) in [5.74, 6) is -0.710. The average Bonchev–Trinajstić information content (AvgIpc) is 2.21. The van der Waals surface area contributed by atoms with E-state index in [4.69, 9.17) is 5.26 Å². The number of rotatable bonds is 8. The van der Waals surface area contributed by atoms with Crippen molar-refractivity contribution in [1.29, 1.82) is 0 Å². The number of hydrogen-bond donors (Lipinski definition) is 1. The molecule has 0 aliphatic rings. The van der Waals surface area contributed by atoms with Crippen molar-refractivity contribution in [3.05, 3.63) is 12.2 Å². The lowest BCUT2D eigenvalue weighted by Gasteiger charge is -2.01. The molecule has 0 radical (unpaired) electrons. The molecule has 3 nitrogen and oxygen atoms in total. The molecule has 1 N–H and O–H groups in total. The summed E-state index contributed by atoms with van der Waals surface area (Å²) in [4.78, 5) is 14.3. The van der Waals surface area contributed by atoms with Crippen LogP contribution in [0.2, 0.25) is 0 Å². The lowest BCUT2D eigenvalue weighted by Crippen LogP contribution is -2.03. The van der Waals surface area contributed by atoms with E-state index in [0.29, 0.717) is 12.0 Å². The van der Waals surface area contributed by atoms with Gasteiger partial charge in [0.1, 0.15) is 0 Å². The Morgan fingerprint density at radius 2 is 1.79 bits per heavy atom. The van der Waals surface area contributed by atoms with Gasteiger partial charge < -0.3 is 0 Å². The van der Waals surface area contributed by atoms with Gasteiger partial charge in [-0.15, -0.1) is 0 Å². The van der Waals surface area contributed by atoms with Crippen LogP contribution in [-0.2, 0) is 9.68 Å². The molecule has 0 heterocycles. The van der Waals surface area contributed by atoms with E-state index < -0.39 is 5.97 Å². The topological polar surface area (TPSA) is 46.5 Å². The molecule has 0 aromatic carbocycles. The van der Waals surface area contributed by atoms with Crippen LogP contribution in [0.4, 0.5) is 0 Å². The fraction of sp³-hybridized carbons (Fsp3) is 0.727. The zero-order valence-electron chi connectivity index (χ0n) is 8.92. The molecule has 0 amide bonds. The van der Waals surface area contributed by atoms with Crippen LogP contribution >= 0.6 is 0 Å². The van der Waals surface area contributed by atoms with Gasteiger partial charge in [0, 0.05) is 5.57 Å². The molecule has 0 fully saturated rings. The smallest absolute Gasteiger partial charge is 0.296 e. The lowest BCUT2D eigenvalue weighted by atomic mass is 10.1. The summed E-state index contributed by atoms with van der Waals surface area (Å²) in [6, 6.07) is 0. The average molecular weight is 200 g/mol. The fourth-order valence-corrected chi connectivity index (χ4v) is 1.29. The molecule has 0 aliphatic carbocycles. The molecule has 0 rings (SSSR count). The molecule has 0 bridgehead atoms. The zero-order valence-corrected chi connectivity index (χ0v) is 8.92. The molecular weight excluding hydrogens is 180 g/mol. The van der Waals surface area contributed by atoms with E-state index in [0.717, 1.165) is 12.8 Å².